The van der Waals surface area contributed by atoms with Crippen LogP contribution in [0, 0.1) is 5.92 Å². The number of nitrogens with zero attached hydrogens (tertiary/aromatic N) is 3. The summed E-state index contributed by atoms with van der Waals surface area (Å²) < 4.78 is 4.78. The number of anilines is 1. The van der Waals surface area contributed by atoms with E-state index in [0.29, 0.717) is 18.0 Å². The topological polar surface area (TPSA) is 94.7 Å². The number of fused-ring (bicyclic) bond motifs is 1. The van der Waals surface area contributed by atoms with Crippen molar-refractivity contribution < 1.29 is 14.8 Å². The van der Waals surface area contributed by atoms with Gasteiger partial charge in [0.15, 0.2) is 5.52 Å². The summed E-state index contributed by atoms with van der Waals surface area (Å²) in [4.78, 5) is 2.21. The van der Waals surface area contributed by atoms with E-state index in [9.17, 15) is 5.11 Å². The van der Waals surface area contributed by atoms with E-state index in [-0.39, 0.29) is 13.2 Å². The molecule has 0 bridgehead atoms. The monoisotopic (exact) mass is 278 g/mol. The lowest BCUT2D eigenvalue weighted by Gasteiger charge is -2.41. The Hall–Kier alpha value is -1.70. The number of hydrogen-bond donors (Lipinski definition) is 3. The van der Waals surface area contributed by atoms with Gasteiger partial charge in [0.05, 0.1) is 18.9 Å². The number of aliphatic hydroxyl groups excluding tert-OH is 2. The van der Waals surface area contributed by atoms with Gasteiger partial charge < -0.3 is 20.4 Å². The van der Waals surface area contributed by atoms with Crippen molar-refractivity contribution in [2.75, 3.05) is 37.7 Å². The zero-order valence-electron chi connectivity index (χ0n) is 11.1. The van der Waals surface area contributed by atoms with Crippen molar-refractivity contribution in [3.8, 4) is 0 Å². The maximum atomic E-state index is 9.30. The van der Waals surface area contributed by atoms with Crippen molar-refractivity contribution in [1.82, 2.24) is 15.6 Å². The highest BCUT2D eigenvalue weighted by molar-refractivity contribution is 5.88. The van der Waals surface area contributed by atoms with E-state index in [4.69, 9.17) is 9.74 Å². The lowest BCUT2D eigenvalue weighted by atomic mass is 9.98. The summed E-state index contributed by atoms with van der Waals surface area (Å²) in [6, 6.07) is 3.72. The number of benzene rings is 1. The molecule has 0 unspecified atom stereocenters. The minimum absolute atomic E-state index is 0.0227. The second kappa shape index (κ2) is 5.74. The van der Waals surface area contributed by atoms with E-state index in [0.717, 1.165) is 36.4 Å². The Bertz CT molecular complexity index is 580. The first-order valence-electron chi connectivity index (χ1n) is 6.74. The molecule has 1 fully saturated rings. The van der Waals surface area contributed by atoms with Crippen molar-refractivity contribution in [2.24, 2.45) is 5.92 Å². The van der Waals surface area contributed by atoms with Crippen molar-refractivity contribution in [2.45, 2.75) is 6.61 Å². The fraction of sp³-hybridized carbons (Fsp3) is 0.538. The van der Waals surface area contributed by atoms with Gasteiger partial charge in [0.1, 0.15) is 5.52 Å². The third kappa shape index (κ3) is 2.47. The molecular weight excluding hydrogens is 260 g/mol. The highest BCUT2D eigenvalue weighted by Crippen LogP contribution is 2.31. The van der Waals surface area contributed by atoms with Crippen LogP contribution in [-0.2, 0) is 6.61 Å². The molecule has 20 heavy (non-hydrogen) atoms. The van der Waals surface area contributed by atoms with E-state index in [1.807, 2.05) is 6.07 Å². The maximum Gasteiger partial charge on any atom is 0.158 e. The van der Waals surface area contributed by atoms with Gasteiger partial charge in [-0.2, -0.15) is 0 Å². The van der Waals surface area contributed by atoms with Crippen molar-refractivity contribution in [3.05, 3.63) is 17.7 Å². The average Bonchev–Trinajstić information content (AvgIpc) is 2.88. The Balaban J connectivity index is 1.70. The fourth-order valence-corrected chi connectivity index (χ4v) is 2.54. The molecule has 0 atom stereocenters. The van der Waals surface area contributed by atoms with Crippen LogP contribution in [0.4, 0.5) is 5.69 Å². The van der Waals surface area contributed by atoms with Crippen LogP contribution < -0.4 is 10.2 Å². The Kier molecular flexibility index (Phi) is 3.81. The molecule has 1 saturated heterocycles. The Labute approximate surface area is 116 Å². The molecule has 0 amide bonds. The third-order valence-corrected chi connectivity index (χ3v) is 3.60. The highest BCUT2D eigenvalue weighted by atomic mass is 16.6. The Morgan fingerprint density at radius 2 is 2.15 bits per heavy atom. The number of rotatable bonds is 6. The molecule has 108 valence electrons. The van der Waals surface area contributed by atoms with E-state index in [2.05, 4.69) is 20.5 Å². The molecule has 2 aromatic rings. The second-order valence-corrected chi connectivity index (χ2v) is 5.10. The molecule has 3 N–H and O–H groups in total. The summed E-state index contributed by atoms with van der Waals surface area (Å²) in [5, 5.41) is 29.0. The molecule has 7 nitrogen and oxygen atoms in total. The largest absolute Gasteiger partial charge is 0.395 e. The van der Waals surface area contributed by atoms with Crippen molar-refractivity contribution in [3.63, 3.8) is 0 Å². The summed E-state index contributed by atoms with van der Waals surface area (Å²) >= 11 is 0. The zero-order chi connectivity index (χ0) is 13.9. The summed E-state index contributed by atoms with van der Waals surface area (Å²) in [6.45, 7) is 3.53. The normalized spacial score (nSPS) is 15.8. The van der Waals surface area contributed by atoms with Gasteiger partial charge in [-0.05, 0) is 28.0 Å². The number of aliphatic hydroxyl groups is 2. The van der Waals surface area contributed by atoms with Gasteiger partial charge in [0, 0.05) is 32.1 Å². The van der Waals surface area contributed by atoms with Gasteiger partial charge in [-0.25, -0.2) is 4.63 Å². The van der Waals surface area contributed by atoms with Crippen molar-refractivity contribution in [1.29, 1.82) is 0 Å². The molecule has 7 heteroatoms. The Morgan fingerprint density at radius 1 is 1.30 bits per heavy atom. The number of nitrogens with one attached hydrogen (secondary N) is 1. The summed E-state index contributed by atoms with van der Waals surface area (Å²) in [5.41, 5.74) is 3.19. The zero-order valence-corrected chi connectivity index (χ0v) is 11.1. The van der Waals surface area contributed by atoms with Crippen LogP contribution in [0.25, 0.3) is 11.0 Å². The SMILES string of the molecule is OCCNCC1CN(c2cc(CO)cc3nonc23)C1. The predicted molar refractivity (Wildman–Crippen MR) is 73.4 cm³/mol. The molecular formula is C13H18N4O3. The van der Waals surface area contributed by atoms with E-state index in [1.54, 1.807) is 6.07 Å². The molecule has 1 aliphatic heterocycles. The van der Waals surface area contributed by atoms with E-state index < -0.39 is 0 Å². The first kappa shape index (κ1) is 13.3. The molecule has 0 aliphatic carbocycles. The van der Waals surface area contributed by atoms with Gasteiger partial charge in [0.25, 0.3) is 0 Å². The number of hydrogen-bond acceptors (Lipinski definition) is 7. The molecule has 0 saturated carbocycles. The fourth-order valence-electron chi connectivity index (χ4n) is 2.54. The minimum Gasteiger partial charge on any atom is -0.395 e. The van der Waals surface area contributed by atoms with Crippen LogP contribution in [-0.4, -0.2) is 53.3 Å². The summed E-state index contributed by atoms with van der Waals surface area (Å²) in [7, 11) is 0. The molecule has 2 heterocycles. The Morgan fingerprint density at radius 3 is 2.90 bits per heavy atom. The predicted octanol–water partition coefficient (Wildman–Crippen LogP) is -0.267. The molecule has 0 radical (unpaired) electrons. The van der Waals surface area contributed by atoms with Gasteiger partial charge in [-0.1, -0.05) is 0 Å². The molecule has 1 aromatic heterocycles. The highest BCUT2D eigenvalue weighted by Gasteiger charge is 2.28. The standard InChI is InChI=1S/C13H18N4O3/c18-2-1-14-5-10-6-17(7-10)12-4-9(8-19)3-11-13(12)16-20-15-11/h3-4,10,14,18-19H,1-2,5-8H2. The van der Waals surface area contributed by atoms with Crippen LogP contribution in [0.3, 0.4) is 0 Å². The van der Waals surface area contributed by atoms with Crippen LogP contribution in [0.5, 0.6) is 0 Å². The third-order valence-electron chi connectivity index (χ3n) is 3.60. The molecule has 3 rings (SSSR count). The molecule has 1 aromatic carbocycles. The molecule has 0 spiro atoms. The lowest BCUT2D eigenvalue weighted by Crippen LogP contribution is -2.51. The van der Waals surface area contributed by atoms with E-state index in [1.165, 1.54) is 0 Å². The van der Waals surface area contributed by atoms with Crippen LogP contribution in [0.1, 0.15) is 5.56 Å². The van der Waals surface area contributed by atoms with Crippen molar-refractivity contribution >= 4 is 16.7 Å². The minimum atomic E-state index is -0.0227. The first-order chi connectivity index (χ1) is 9.81. The van der Waals surface area contributed by atoms with Gasteiger partial charge in [-0.15, -0.1) is 0 Å². The van der Waals surface area contributed by atoms with Gasteiger partial charge >= 0.3 is 0 Å². The van der Waals surface area contributed by atoms with Crippen LogP contribution in [0.15, 0.2) is 16.8 Å². The quantitative estimate of drug-likeness (QED) is 0.626. The lowest BCUT2D eigenvalue weighted by molar-refractivity contribution is 0.281. The summed E-state index contributed by atoms with van der Waals surface area (Å²) in [6.07, 6.45) is 0. The smallest absolute Gasteiger partial charge is 0.158 e. The summed E-state index contributed by atoms with van der Waals surface area (Å²) in [5.74, 6) is 0.564. The van der Waals surface area contributed by atoms with Crippen LogP contribution in [0.2, 0.25) is 0 Å². The second-order valence-electron chi connectivity index (χ2n) is 5.10. The van der Waals surface area contributed by atoms with E-state index >= 15 is 0 Å². The first-order valence-corrected chi connectivity index (χ1v) is 6.74. The average molecular weight is 278 g/mol. The number of aromatic nitrogens is 2. The van der Waals surface area contributed by atoms with Gasteiger partial charge in [-0.3, -0.25) is 0 Å². The van der Waals surface area contributed by atoms with Crippen LogP contribution >= 0.6 is 0 Å². The van der Waals surface area contributed by atoms with Gasteiger partial charge in [0.2, 0.25) is 0 Å². The molecule has 1 aliphatic rings. The maximum absolute atomic E-state index is 9.30.